The van der Waals surface area contributed by atoms with E-state index in [1.165, 1.54) is 7.11 Å². The van der Waals surface area contributed by atoms with Crippen LogP contribution in [0.4, 0.5) is 0 Å². The number of pyridine rings is 1. The number of fused-ring (bicyclic) bond motifs is 1. The van der Waals surface area contributed by atoms with Gasteiger partial charge in [-0.25, -0.2) is 0 Å². The Labute approximate surface area is 116 Å². The van der Waals surface area contributed by atoms with E-state index in [4.69, 9.17) is 4.74 Å². The molecule has 3 rings (SSSR count). The molecule has 3 aromatic rings. The number of para-hydroxylation sites is 1. The largest absolute Gasteiger partial charge is 0.494 e. The van der Waals surface area contributed by atoms with Crippen LogP contribution in [0.15, 0.2) is 42.7 Å². The van der Waals surface area contributed by atoms with Crippen molar-refractivity contribution < 1.29 is 4.74 Å². The smallest absolute Gasteiger partial charge is 0.154 e. The summed E-state index contributed by atoms with van der Waals surface area (Å²) in [6.45, 7) is 0. The van der Waals surface area contributed by atoms with Gasteiger partial charge in [0.1, 0.15) is 6.07 Å². The summed E-state index contributed by atoms with van der Waals surface area (Å²) in [7, 11) is 3.54. The second kappa shape index (κ2) is 4.71. The fourth-order valence-corrected chi connectivity index (χ4v) is 2.39. The predicted octanol–water partition coefficient (Wildman–Crippen LogP) is 3.12. The standard InChI is InChI=1S/C16H13N3O/c1-19-10-13(12-5-3-4-6-15(12)19)14-7-11(8-17)16(20-2)9-18-14/h3-7,9-10H,1-2H3. The number of aryl methyl sites for hydroxylation is 1. The number of hydrogen-bond donors (Lipinski definition) is 0. The summed E-state index contributed by atoms with van der Waals surface area (Å²) < 4.78 is 7.19. The Bertz CT molecular complexity index is 827. The molecule has 0 saturated carbocycles. The highest BCUT2D eigenvalue weighted by atomic mass is 16.5. The molecule has 0 N–H and O–H groups in total. The zero-order chi connectivity index (χ0) is 14.1. The van der Waals surface area contributed by atoms with E-state index >= 15 is 0 Å². The van der Waals surface area contributed by atoms with Gasteiger partial charge in [0.25, 0.3) is 0 Å². The van der Waals surface area contributed by atoms with Crippen molar-refractivity contribution in [2.75, 3.05) is 7.11 Å². The Morgan fingerprint density at radius 1 is 1.30 bits per heavy atom. The van der Waals surface area contributed by atoms with E-state index in [9.17, 15) is 5.26 Å². The highest BCUT2D eigenvalue weighted by molar-refractivity contribution is 5.95. The zero-order valence-electron chi connectivity index (χ0n) is 11.3. The summed E-state index contributed by atoms with van der Waals surface area (Å²) in [6.07, 6.45) is 3.62. The highest BCUT2D eigenvalue weighted by Gasteiger charge is 2.12. The average Bonchev–Trinajstić information content (AvgIpc) is 2.84. The van der Waals surface area contributed by atoms with Crippen LogP contribution >= 0.6 is 0 Å². The van der Waals surface area contributed by atoms with Gasteiger partial charge in [-0.1, -0.05) is 18.2 Å². The molecule has 1 aromatic carbocycles. The molecule has 0 unspecified atom stereocenters. The molecular formula is C16H13N3O. The summed E-state index contributed by atoms with van der Waals surface area (Å²) in [5.41, 5.74) is 3.42. The number of methoxy groups -OCH3 is 1. The maximum absolute atomic E-state index is 9.18. The van der Waals surface area contributed by atoms with Crippen LogP contribution in [-0.2, 0) is 7.05 Å². The molecule has 0 aliphatic carbocycles. The van der Waals surface area contributed by atoms with E-state index in [0.29, 0.717) is 11.3 Å². The first kappa shape index (κ1) is 12.2. The number of nitriles is 1. The summed E-state index contributed by atoms with van der Waals surface area (Å²) in [5.74, 6) is 0.497. The number of rotatable bonds is 2. The minimum atomic E-state index is 0.491. The minimum Gasteiger partial charge on any atom is -0.494 e. The first-order chi connectivity index (χ1) is 9.74. The molecule has 0 radical (unpaired) electrons. The van der Waals surface area contributed by atoms with Crippen molar-refractivity contribution in [2.24, 2.45) is 7.05 Å². The minimum absolute atomic E-state index is 0.491. The van der Waals surface area contributed by atoms with Gasteiger partial charge in [0.15, 0.2) is 5.75 Å². The summed E-state index contributed by atoms with van der Waals surface area (Å²) in [4.78, 5) is 4.40. The van der Waals surface area contributed by atoms with Crippen LogP contribution in [0.1, 0.15) is 5.56 Å². The van der Waals surface area contributed by atoms with E-state index < -0.39 is 0 Å². The molecule has 2 aromatic heterocycles. The zero-order valence-corrected chi connectivity index (χ0v) is 11.3. The molecule has 0 saturated heterocycles. The Kier molecular flexibility index (Phi) is 2.88. The molecule has 98 valence electrons. The van der Waals surface area contributed by atoms with Gasteiger partial charge in [-0.15, -0.1) is 0 Å². The van der Waals surface area contributed by atoms with Gasteiger partial charge in [-0.05, 0) is 12.1 Å². The van der Waals surface area contributed by atoms with E-state index in [1.54, 1.807) is 12.3 Å². The monoisotopic (exact) mass is 263 g/mol. The van der Waals surface area contributed by atoms with Crippen LogP contribution in [-0.4, -0.2) is 16.7 Å². The topological polar surface area (TPSA) is 50.8 Å². The molecule has 0 bridgehead atoms. The average molecular weight is 263 g/mol. The SMILES string of the molecule is COc1cnc(-c2cn(C)c3ccccc23)cc1C#N. The number of benzene rings is 1. The number of nitrogens with zero attached hydrogens (tertiary/aromatic N) is 3. The molecule has 0 amide bonds. The lowest BCUT2D eigenvalue weighted by atomic mass is 10.1. The van der Waals surface area contributed by atoms with Crippen molar-refractivity contribution >= 4 is 10.9 Å². The highest BCUT2D eigenvalue weighted by Crippen LogP contribution is 2.30. The lowest BCUT2D eigenvalue weighted by Gasteiger charge is -2.04. The molecule has 20 heavy (non-hydrogen) atoms. The van der Waals surface area contributed by atoms with Gasteiger partial charge in [0.05, 0.1) is 24.6 Å². The van der Waals surface area contributed by atoms with Crippen molar-refractivity contribution in [1.82, 2.24) is 9.55 Å². The Morgan fingerprint density at radius 2 is 2.10 bits per heavy atom. The van der Waals surface area contributed by atoms with Crippen LogP contribution < -0.4 is 4.74 Å². The number of ether oxygens (including phenoxy) is 1. The van der Waals surface area contributed by atoms with E-state index in [2.05, 4.69) is 27.8 Å². The Balaban J connectivity index is 2.24. The molecule has 4 heteroatoms. The molecule has 0 aliphatic heterocycles. The third kappa shape index (κ3) is 1.81. The second-order valence-electron chi connectivity index (χ2n) is 4.55. The van der Waals surface area contributed by atoms with Crippen molar-refractivity contribution in [1.29, 1.82) is 5.26 Å². The lowest BCUT2D eigenvalue weighted by Crippen LogP contribution is -1.91. The Morgan fingerprint density at radius 3 is 2.85 bits per heavy atom. The van der Waals surface area contributed by atoms with Gasteiger partial charge in [-0.3, -0.25) is 4.98 Å². The fourth-order valence-electron chi connectivity index (χ4n) is 2.39. The first-order valence-electron chi connectivity index (χ1n) is 6.23. The number of aromatic nitrogens is 2. The van der Waals surface area contributed by atoms with Crippen molar-refractivity contribution in [3.63, 3.8) is 0 Å². The van der Waals surface area contributed by atoms with E-state index in [0.717, 1.165) is 22.2 Å². The van der Waals surface area contributed by atoms with Crippen LogP contribution in [0.25, 0.3) is 22.2 Å². The van der Waals surface area contributed by atoms with Crippen molar-refractivity contribution in [3.05, 3.63) is 48.3 Å². The molecule has 0 spiro atoms. The fraction of sp³-hybridized carbons (Fsp3) is 0.125. The lowest BCUT2D eigenvalue weighted by molar-refractivity contribution is 0.411. The van der Waals surface area contributed by atoms with Crippen molar-refractivity contribution in [3.8, 4) is 23.1 Å². The number of hydrogen-bond acceptors (Lipinski definition) is 3. The third-order valence-corrected chi connectivity index (χ3v) is 3.38. The molecule has 0 atom stereocenters. The molecule has 0 aliphatic rings. The van der Waals surface area contributed by atoms with Crippen molar-refractivity contribution in [2.45, 2.75) is 0 Å². The maximum Gasteiger partial charge on any atom is 0.154 e. The normalized spacial score (nSPS) is 10.4. The summed E-state index contributed by atoms with van der Waals surface area (Å²) in [6, 6.07) is 12.0. The van der Waals surface area contributed by atoms with Gasteiger partial charge >= 0.3 is 0 Å². The van der Waals surface area contributed by atoms with Crippen LogP contribution in [0.3, 0.4) is 0 Å². The Hall–Kier alpha value is -2.80. The summed E-state index contributed by atoms with van der Waals surface area (Å²) in [5, 5.41) is 10.3. The second-order valence-corrected chi connectivity index (χ2v) is 4.55. The maximum atomic E-state index is 9.18. The van der Waals surface area contributed by atoms with Crippen LogP contribution in [0.2, 0.25) is 0 Å². The van der Waals surface area contributed by atoms with Gasteiger partial charge in [-0.2, -0.15) is 5.26 Å². The first-order valence-corrected chi connectivity index (χ1v) is 6.23. The predicted molar refractivity (Wildman–Crippen MR) is 77.4 cm³/mol. The van der Waals surface area contributed by atoms with Gasteiger partial charge in [0.2, 0.25) is 0 Å². The third-order valence-electron chi connectivity index (χ3n) is 3.38. The van der Waals surface area contributed by atoms with Gasteiger partial charge < -0.3 is 9.30 Å². The quantitative estimate of drug-likeness (QED) is 0.713. The molecule has 2 heterocycles. The van der Waals surface area contributed by atoms with E-state index in [-0.39, 0.29) is 0 Å². The van der Waals surface area contributed by atoms with Gasteiger partial charge in [0, 0.05) is 29.7 Å². The summed E-state index contributed by atoms with van der Waals surface area (Å²) >= 11 is 0. The molecule has 0 fully saturated rings. The van der Waals surface area contributed by atoms with E-state index in [1.807, 2.05) is 25.4 Å². The molecular weight excluding hydrogens is 250 g/mol. The van der Waals surface area contributed by atoms with Crippen LogP contribution in [0, 0.1) is 11.3 Å². The molecule has 4 nitrogen and oxygen atoms in total. The van der Waals surface area contributed by atoms with Crippen LogP contribution in [0.5, 0.6) is 5.75 Å².